The number of carboxylic acids is 1. The van der Waals surface area contributed by atoms with E-state index in [0.29, 0.717) is 17.8 Å². The van der Waals surface area contributed by atoms with Gasteiger partial charge in [-0.2, -0.15) is 5.26 Å². The Morgan fingerprint density at radius 2 is 2.20 bits per heavy atom. The molecule has 7 nitrogen and oxygen atoms in total. The summed E-state index contributed by atoms with van der Waals surface area (Å²) < 4.78 is 0. The van der Waals surface area contributed by atoms with Gasteiger partial charge in [0.05, 0.1) is 28.0 Å². The first-order chi connectivity index (χ1) is 9.27. The van der Waals surface area contributed by atoms with E-state index >= 15 is 0 Å². The van der Waals surface area contributed by atoms with Crippen LogP contribution in [0.3, 0.4) is 0 Å². The maximum Gasteiger partial charge on any atom is 0.336 e. The number of hydrogen-bond donors (Lipinski definition) is 1. The number of nitro benzene ring substituents is 1. The van der Waals surface area contributed by atoms with Gasteiger partial charge in [-0.05, 0) is 19.9 Å². The fourth-order valence-corrected chi connectivity index (χ4v) is 1.94. The number of anilines is 1. The van der Waals surface area contributed by atoms with Crippen molar-refractivity contribution in [3.63, 3.8) is 0 Å². The van der Waals surface area contributed by atoms with E-state index < -0.39 is 10.9 Å². The molecule has 0 spiro atoms. The van der Waals surface area contributed by atoms with Crippen LogP contribution in [-0.2, 0) is 0 Å². The second-order valence-corrected chi connectivity index (χ2v) is 4.61. The van der Waals surface area contributed by atoms with Gasteiger partial charge in [0.2, 0.25) is 0 Å². The predicted molar refractivity (Wildman–Crippen MR) is 72.8 cm³/mol. The van der Waals surface area contributed by atoms with E-state index in [1.807, 2.05) is 0 Å². The molecule has 20 heavy (non-hydrogen) atoms. The van der Waals surface area contributed by atoms with Crippen LogP contribution in [0.4, 0.5) is 11.4 Å². The highest BCUT2D eigenvalue weighted by atomic mass is 16.6. The van der Waals surface area contributed by atoms with Gasteiger partial charge in [0, 0.05) is 25.3 Å². The monoisotopic (exact) mass is 277 g/mol. The van der Waals surface area contributed by atoms with Crippen LogP contribution in [0.25, 0.3) is 0 Å². The van der Waals surface area contributed by atoms with Gasteiger partial charge in [-0.25, -0.2) is 4.79 Å². The number of aromatic carboxylic acids is 1. The Balaban J connectivity index is 3.34. The summed E-state index contributed by atoms with van der Waals surface area (Å²) in [6.45, 7) is 3.64. The summed E-state index contributed by atoms with van der Waals surface area (Å²) in [7, 11) is 1.67. The van der Waals surface area contributed by atoms with Crippen molar-refractivity contribution in [3.8, 4) is 6.07 Å². The van der Waals surface area contributed by atoms with E-state index in [-0.39, 0.29) is 17.2 Å². The van der Waals surface area contributed by atoms with Crippen LogP contribution in [-0.4, -0.2) is 29.6 Å². The Bertz CT molecular complexity index is 592. The summed E-state index contributed by atoms with van der Waals surface area (Å²) in [6.07, 6.45) is 0. The molecule has 0 saturated heterocycles. The molecule has 0 aliphatic heterocycles. The normalized spacial score (nSPS) is 11.5. The largest absolute Gasteiger partial charge is 0.478 e. The Labute approximate surface area is 116 Å². The molecule has 0 aromatic heterocycles. The fourth-order valence-electron chi connectivity index (χ4n) is 1.94. The lowest BCUT2D eigenvalue weighted by Crippen LogP contribution is -2.24. The molecule has 0 heterocycles. The van der Waals surface area contributed by atoms with Crippen molar-refractivity contribution in [2.45, 2.75) is 13.8 Å². The zero-order chi connectivity index (χ0) is 15.4. The molecule has 106 valence electrons. The molecule has 0 radical (unpaired) electrons. The first-order valence-electron chi connectivity index (χ1n) is 5.91. The van der Waals surface area contributed by atoms with Crippen LogP contribution < -0.4 is 4.90 Å². The second-order valence-electron chi connectivity index (χ2n) is 4.61. The average molecular weight is 277 g/mol. The minimum atomic E-state index is -1.23. The Hall–Kier alpha value is -2.62. The molecule has 0 fully saturated rings. The van der Waals surface area contributed by atoms with Gasteiger partial charge in [-0.3, -0.25) is 10.1 Å². The molecule has 0 amide bonds. The standard InChI is InChI=1S/C13H15N3O4/c1-8(6-14)7-15(3)11-4-10(13(17)18)5-12(9(11)2)16(19)20/h4-5,8H,7H2,1-3H3,(H,17,18). The smallest absolute Gasteiger partial charge is 0.336 e. The zero-order valence-corrected chi connectivity index (χ0v) is 11.5. The maximum atomic E-state index is 11.0. The van der Waals surface area contributed by atoms with Crippen LogP contribution in [0.2, 0.25) is 0 Å². The number of hydrogen-bond acceptors (Lipinski definition) is 5. The number of nitro groups is 1. The highest BCUT2D eigenvalue weighted by Crippen LogP contribution is 2.30. The molecule has 0 bridgehead atoms. The highest BCUT2D eigenvalue weighted by Gasteiger charge is 2.21. The lowest BCUT2D eigenvalue weighted by atomic mass is 10.1. The summed E-state index contributed by atoms with van der Waals surface area (Å²) in [5.41, 5.74) is 0.441. The molecular formula is C13H15N3O4. The molecule has 1 N–H and O–H groups in total. The number of benzene rings is 1. The quantitative estimate of drug-likeness (QED) is 0.653. The second kappa shape index (κ2) is 6.02. The van der Waals surface area contributed by atoms with E-state index in [1.165, 1.54) is 6.07 Å². The number of carbonyl (C=O) groups is 1. The van der Waals surface area contributed by atoms with E-state index in [2.05, 4.69) is 6.07 Å². The first kappa shape index (κ1) is 15.4. The molecule has 1 aromatic rings. The molecule has 7 heteroatoms. The van der Waals surface area contributed by atoms with Gasteiger partial charge < -0.3 is 10.0 Å². The van der Waals surface area contributed by atoms with E-state index in [4.69, 9.17) is 10.4 Å². The van der Waals surface area contributed by atoms with Gasteiger partial charge in [0.25, 0.3) is 5.69 Å². The van der Waals surface area contributed by atoms with E-state index in [1.54, 1.807) is 25.8 Å². The van der Waals surface area contributed by atoms with Crippen LogP contribution >= 0.6 is 0 Å². The lowest BCUT2D eigenvalue weighted by Gasteiger charge is -2.22. The summed E-state index contributed by atoms with van der Waals surface area (Å²) >= 11 is 0. The maximum absolute atomic E-state index is 11.0. The summed E-state index contributed by atoms with van der Waals surface area (Å²) in [6, 6.07) is 4.50. The van der Waals surface area contributed by atoms with Crippen molar-refractivity contribution < 1.29 is 14.8 Å². The Morgan fingerprint density at radius 3 is 2.65 bits per heavy atom. The molecular weight excluding hydrogens is 262 g/mol. The third-order valence-electron chi connectivity index (χ3n) is 2.98. The number of nitriles is 1. The Kier molecular flexibility index (Phi) is 4.64. The van der Waals surface area contributed by atoms with Crippen LogP contribution in [0.15, 0.2) is 12.1 Å². The molecule has 0 saturated carbocycles. The predicted octanol–water partition coefficient (Wildman–Crippen LogP) is 2.20. The molecule has 1 aromatic carbocycles. The number of carboxylic acid groups (broad SMARTS) is 1. The first-order valence-corrected chi connectivity index (χ1v) is 5.91. The van der Waals surface area contributed by atoms with Gasteiger partial charge >= 0.3 is 5.97 Å². The van der Waals surface area contributed by atoms with Crippen molar-refractivity contribution in [1.82, 2.24) is 0 Å². The average Bonchev–Trinajstić information content (AvgIpc) is 2.37. The van der Waals surface area contributed by atoms with Crippen molar-refractivity contribution in [3.05, 3.63) is 33.4 Å². The van der Waals surface area contributed by atoms with Gasteiger partial charge in [-0.15, -0.1) is 0 Å². The third kappa shape index (κ3) is 3.23. The summed E-state index contributed by atoms with van der Waals surface area (Å²) in [5.74, 6) is -1.50. The van der Waals surface area contributed by atoms with Crippen molar-refractivity contribution in [1.29, 1.82) is 5.26 Å². The Morgan fingerprint density at radius 1 is 1.60 bits per heavy atom. The van der Waals surface area contributed by atoms with E-state index in [9.17, 15) is 14.9 Å². The lowest BCUT2D eigenvalue weighted by molar-refractivity contribution is -0.385. The van der Waals surface area contributed by atoms with Crippen LogP contribution in [0, 0.1) is 34.3 Å². The van der Waals surface area contributed by atoms with Crippen molar-refractivity contribution in [2.24, 2.45) is 5.92 Å². The summed E-state index contributed by atoms with van der Waals surface area (Å²) in [5, 5.41) is 28.8. The molecule has 1 rings (SSSR count). The van der Waals surface area contributed by atoms with Gasteiger partial charge in [0.1, 0.15) is 0 Å². The van der Waals surface area contributed by atoms with Crippen LogP contribution in [0.1, 0.15) is 22.8 Å². The van der Waals surface area contributed by atoms with E-state index in [0.717, 1.165) is 6.07 Å². The minimum absolute atomic E-state index is 0.145. The SMILES string of the molecule is Cc1c(N(C)CC(C)C#N)cc(C(=O)O)cc1[N+](=O)[O-]. The molecule has 0 aliphatic carbocycles. The van der Waals surface area contributed by atoms with Crippen molar-refractivity contribution >= 4 is 17.3 Å². The number of nitrogens with zero attached hydrogens (tertiary/aromatic N) is 3. The molecule has 1 unspecified atom stereocenters. The summed E-state index contributed by atoms with van der Waals surface area (Å²) in [4.78, 5) is 23.1. The molecule has 0 aliphatic rings. The zero-order valence-electron chi connectivity index (χ0n) is 11.5. The van der Waals surface area contributed by atoms with Gasteiger partial charge in [-0.1, -0.05) is 0 Å². The topological polar surface area (TPSA) is 107 Å². The highest BCUT2D eigenvalue weighted by molar-refractivity contribution is 5.90. The van der Waals surface area contributed by atoms with Gasteiger partial charge in [0.15, 0.2) is 0 Å². The van der Waals surface area contributed by atoms with Crippen molar-refractivity contribution in [2.75, 3.05) is 18.5 Å². The fraction of sp³-hybridized carbons (Fsp3) is 0.385. The number of rotatable bonds is 5. The third-order valence-corrected chi connectivity index (χ3v) is 2.98. The minimum Gasteiger partial charge on any atom is -0.478 e. The molecule has 1 atom stereocenters. The van der Waals surface area contributed by atoms with Crippen LogP contribution in [0.5, 0.6) is 0 Å².